The van der Waals surface area contributed by atoms with Gasteiger partial charge >= 0.3 is 0 Å². The first-order valence-corrected chi connectivity index (χ1v) is 8.55. The van der Waals surface area contributed by atoms with Crippen molar-refractivity contribution in [2.24, 2.45) is 5.92 Å². The molecule has 0 radical (unpaired) electrons. The molecule has 0 aliphatic carbocycles. The first-order valence-electron chi connectivity index (χ1n) is 7.79. The van der Waals surface area contributed by atoms with E-state index in [2.05, 4.69) is 17.1 Å². The molecule has 1 aliphatic rings. The highest BCUT2D eigenvalue weighted by molar-refractivity contribution is 6.39. The van der Waals surface area contributed by atoms with Gasteiger partial charge in [-0.15, -0.1) is 0 Å². The lowest BCUT2D eigenvalue weighted by Crippen LogP contribution is -2.40. The highest BCUT2D eigenvalue weighted by Crippen LogP contribution is 2.40. The number of hydrogen-bond acceptors (Lipinski definition) is 3. The fraction of sp³-hybridized carbons (Fsp3) is 0.529. The summed E-state index contributed by atoms with van der Waals surface area (Å²) in [5, 5.41) is 3.49. The summed E-state index contributed by atoms with van der Waals surface area (Å²) in [6.07, 6.45) is 2.18. The van der Waals surface area contributed by atoms with Gasteiger partial charge in [-0.05, 0) is 49.9 Å². The highest BCUT2D eigenvalue weighted by atomic mass is 35.5. The molecule has 2 rings (SSSR count). The minimum atomic E-state index is -0.217. The van der Waals surface area contributed by atoms with Gasteiger partial charge in [-0.25, -0.2) is 0 Å². The van der Waals surface area contributed by atoms with Gasteiger partial charge in [0, 0.05) is 13.0 Å². The maximum absolute atomic E-state index is 11.6. The van der Waals surface area contributed by atoms with Gasteiger partial charge in [0.25, 0.3) is 0 Å². The summed E-state index contributed by atoms with van der Waals surface area (Å²) in [7, 11) is 0. The maximum Gasteiger partial charge on any atom is 0.221 e. The number of likely N-dealkylation sites (tertiary alicyclic amines) is 1. The van der Waals surface area contributed by atoms with Gasteiger partial charge in [-0.3, -0.25) is 14.5 Å². The molecule has 2 unspecified atom stereocenters. The number of rotatable bonds is 4. The molecule has 1 aromatic rings. The van der Waals surface area contributed by atoms with Gasteiger partial charge in [-0.1, -0.05) is 30.1 Å². The van der Waals surface area contributed by atoms with Gasteiger partial charge in [0.2, 0.25) is 5.91 Å². The molecule has 0 aromatic heterocycles. The van der Waals surface area contributed by atoms with E-state index >= 15 is 0 Å². The van der Waals surface area contributed by atoms with Crippen LogP contribution in [0.1, 0.15) is 45.2 Å². The number of nitrogens with one attached hydrogen (secondary N) is 1. The zero-order chi connectivity index (χ0) is 17.1. The number of Topliss-reactive ketones (excluding diaryl/α,β-unsaturated/α-hetero) is 1. The number of piperidine rings is 1. The Morgan fingerprint density at radius 3 is 2.39 bits per heavy atom. The van der Waals surface area contributed by atoms with Crippen LogP contribution in [-0.4, -0.2) is 29.7 Å². The summed E-state index contributed by atoms with van der Waals surface area (Å²) >= 11 is 12.6. The molecule has 1 aromatic carbocycles. The van der Waals surface area contributed by atoms with Crippen molar-refractivity contribution in [3.8, 4) is 0 Å². The van der Waals surface area contributed by atoms with Crippen LogP contribution in [0.15, 0.2) is 12.1 Å². The molecule has 1 aliphatic heterocycles. The minimum absolute atomic E-state index is 0.106. The Bertz CT molecular complexity index is 596. The van der Waals surface area contributed by atoms with Crippen molar-refractivity contribution in [3.05, 3.63) is 27.7 Å². The Hall–Kier alpha value is -1.10. The van der Waals surface area contributed by atoms with Crippen molar-refractivity contribution in [1.29, 1.82) is 0 Å². The van der Waals surface area contributed by atoms with Gasteiger partial charge in [-0.2, -0.15) is 0 Å². The van der Waals surface area contributed by atoms with E-state index in [1.807, 2.05) is 12.1 Å². The van der Waals surface area contributed by atoms with Gasteiger partial charge in [0.15, 0.2) is 0 Å². The van der Waals surface area contributed by atoms with Crippen LogP contribution >= 0.6 is 23.2 Å². The van der Waals surface area contributed by atoms with E-state index in [1.54, 1.807) is 6.92 Å². The fourth-order valence-corrected chi connectivity index (χ4v) is 3.93. The van der Waals surface area contributed by atoms with Crippen molar-refractivity contribution in [3.63, 3.8) is 0 Å². The Labute approximate surface area is 147 Å². The summed E-state index contributed by atoms with van der Waals surface area (Å²) in [5.74, 6) is 0.337. The lowest BCUT2D eigenvalue weighted by Gasteiger charge is -2.40. The second-order valence-electron chi connectivity index (χ2n) is 6.28. The molecule has 23 heavy (non-hydrogen) atoms. The summed E-state index contributed by atoms with van der Waals surface area (Å²) in [6.45, 7) is 6.52. The third-order valence-electron chi connectivity index (χ3n) is 4.17. The van der Waals surface area contributed by atoms with E-state index in [-0.39, 0.29) is 17.7 Å². The van der Waals surface area contributed by atoms with Crippen LogP contribution in [0.2, 0.25) is 10.0 Å². The molecule has 1 N–H and O–H groups in total. The maximum atomic E-state index is 11.6. The lowest BCUT2D eigenvalue weighted by molar-refractivity contribution is -0.119. The average molecular weight is 357 g/mol. The quantitative estimate of drug-likeness (QED) is 0.873. The third-order valence-corrected chi connectivity index (χ3v) is 4.77. The molecule has 1 fully saturated rings. The summed E-state index contributed by atoms with van der Waals surface area (Å²) in [6, 6.07) is 3.80. The fourth-order valence-electron chi connectivity index (χ4n) is 3.33. The number of ketones is 1. The first-order chi connectivity index (χ1) is 10.8. The Morgan fingerprint density at radius 2 is 1.87 bits per heavy atom. The SMILES string of the molecule is CC(=O)CN1CCCC(C)C1c1cc(Cl)c(NC(C)=O)c(Cl)c1. The molecule has 0 bridgehead atoms. The van der Waals surface area contributed by atoms with E-state index in [0.29, 0.717) is 28.2 Å². The minimum Gasteiger partial charge on any atom is -0.324 e. The van der Waals surface area contributed by atoms with E-state index in [9.17, 15) is 9.59 Å². The Kier molecular flexibility index (Phi) is 6.06. The normalized spacial score (nSPS) is 22.0. The standard InChI is InChI=1S/C17H22Cl2N2O2/c1-10-5-4-6-21(9-11(2)22)17(10)13-7-14(18)16(15(19)8-13)20-12(3)23/h7-8,10,17H,4-6,9H2,1-3H3,(H,20,23). The summed E-state index contributed by atoms with van der Waals surface area (Å²) in [4.78, 5) is 25.0. The molecule has 6 heteroatoms. The van der Waals surface area contributed by atoms with Crippen molar-refractivity contribution in [2.75, 3.05) is 18.4 Å². The number of carbonyl (C=O) groups excluding carboxylic acids is 2. The van der Waals surface area contributed by atoms with E-state index in [4.69, 9.17) is 23.2 Å². The largest absolute Gasteiger partial charge is 0.324 e. The van der Waals surface area contributed by atoms with E-state index in [0.717, 1.165) is 24.9 Å². The number of hydrogen-bond donors (Lipinski definition) is 1. The van der Waals surface area contributed by atoms with Crippen LogP contribution in [0.5, 0.6) is 0 Å². The predicted octanol–water partition coefficient (Wildman–Crippen LogP) is 4.31. The van der Waals surface area contributed by atoms with Crippen LogP contribution in [0.4, 0.5) is 5.69 Å². The Morgan fingerprint density at radius 1 is 1.26 bits per heavy atom. The molecule has 1 saturated heterocycles. The molecule has 0 saturated carbocycles. The van der Waals surface area contributed by atoms with Crippen molar-refractivity contribution in [2.45, 2.75) is 39.7 Å². The van der Waals surface area contributed by atoms with Crippen LogP contribution in [0, 0.1) is 5.92 Å². The second kappa shape index (κ2) is 7.65. The van der Waals surface area contributed by atoms with Crippen LogP contribution in [-0.2, 0) is 9.59 Å². The third kappa shape index (κ3) is 4.46. The van der Waals surface area contributed by atoms with Crippen LogP contribution in [0.3, 0.4) is 0 Å². The first kappa shape index (κ1) is 18.2. The van der Waals surface area contributed by atoms with Gasteiger partial charge < -0.3 is 5.32 Å². The molecule has 1 amide bonds. The molecule has 2 atom stereocenters. The summed E-state index contributed by atoms with van der Waals surface area (Å²) in [5.41, 5.74) is 1.42. The molecule has 1 heterocycles. The molecule has 126 valence electrons. The molecule has 0 spiro atoms. The van der Waals surface area contributed by atoms with Crippen molar-refractivity contribution < 1.29 is 9.59 Å². The second-order valence-corrected chi connectivity index (χ2v) is 7.09. The monoisotopic (exact) mass is 356 g/mol. The number of benzene rings is 1. The smallest absolute Gasteiger partial charge is 0.221 e. The number of anilines is 1. The summed E-state index contributed by atoms with van der Waals surface area (Å²) < 4.78 is 0. The molecular formula is C17H22Cl2N2O2. The average Bonchev–Trinajstić information content (AvgIpc) is 2.42. The molecule has 4 nitrogen and oxygen atoms in total. The number of halogens is 2. The Balaban J connectivity index is 2.37. The van der Waals surface area contributed by atoms with Gasteiger partial charge in [0.05, 0.1) is 22.3 Å². The topological polar surface area (TPSA) is 49.4 Å². The van der Waals surface area contributed by atoms with Crippen LogP contribution < -0.4 is 5.32 Å². The van der Waals surface area contributed by atoms with Crippen molar-refractivity contribution in [1.82, 2.24) is 4.90 Å². The zero-order valence-electron chi connectivity index (χ0n) is 13.7. The number of amides is 1. The van der Waals surface area contributed by atoms with Gasteiger partial charge in [0.1, 0.15) is 5.78 Å². The highest BCUT2D eigenvalue weighted by Gasteiger charge is 2.31. The van der Waals surface area contributed by atoms with Crippen LogP contribution in [0.25, 0.3) is 0 Å². The zero-order valence-corrected chi connectivity index (χ0v) is 15.2. The number of nitrogens with zero attached hydrogens (tertiary/aromatic N) is 1. The number of carbonyl (C=O) groups is 2. The van der Waals surface area contributed by atoms with E-state index in [1.165, 1.54) is 6.92 Å². The lowest BCUT2D eigenvalue weighted by atomic mass is 9.85. The van der Waals surface area contributed by atoms with Crippen molar-refractivity contribution >= 4 is 40.6 Å². The van der Waals surface area contributed by atoms with E-state index < -0.39 is 0 Å². The molecular weight excluding hydrogens is 335 g/mol. The predicted molar refractivity (Wildman–Crippen MR) is 94.2 cm³/mol.